The van der Waals surface area contributed by atoms with Gasteiger partial charge in [-0.15, -0.1) is 0 Å². The first-order valence-electron chi connectivity index (χ1n) is 5.76. The Morgan fingerprint density at radius 2 is 1.93 bits per heavy atom. The molecule has 0 unspecified atom stereocenters. The van der Waals surface area contributed by atoms with Crippen LogP contribution in [-0.2, 0) is 0 Å². The Balaban J connectivity index is 1.98. The zero-order valence-electron chi connectivity index (χ0n) is 9.21. The molecule has 2 N–H and O–H groups in total. The van der Waals surface area contributed by atoms with Crippen LogP contribution in [0.1, 0.15) is 39.0 Å². The minimum atomic E-state index is -0.383. The van der Waals surface area contributed by atoms with Crippen molar-refractivity contribution < 1.29 is 10.2 Å². The largest absolute Gasteiger partial charge is 0.396 e. The minimum Gasteiger partial charge on any atom is -0.396 e. The van der Waals surface area contributed by atoms with Crippen molar-refractivity contribution in [1.82, 2.24) is 4.90 Å². The normalized spacial score (nSPS) is 20.8. The number of likely N-dealkylation sites (tertiary alicyclic amines) is 1. The summed E-state index contributed by atoms with van der Waals surface area (Å²) >= 11 is 0. The summed E-state index contributed by atoms with van der Waals surface area (Å²) in [5.74, 6) is 0. The fourth-order valence-corrected chi connectivity index (χ4v) is 2.19. The van der Waals surface area contributed by atoms with Crippen LogP contribution in [-0.4, -0.2) is 47.0 Å². The average Bonchev–Trinajstić information content (AvgIpc) is 2.10. The number of aliphatic hydroxyl groups is 2. The van der Waals surface area contributed by atoms with E-state index in [-0.39, 0.29) is 5.60 Å². The Morgan fingerprint density at radius 1 is 1.21 bits per heavy atom. The predicted octanol–water partition coefficient (Wildman–Crippen LogP) is 0.996. The van der Waals surface area contributed by atoms with Gasteiger partial charge in [0.1, 0.15) is 0 Å². The van der Waals surface area contributed by atoms with Crippen molar-refractivity contribution in [1.29, 1.82) is 0 Å². The van der Waals surface area contributed by atoms with Crippen LogP contribution < -0.4 is 0 Å². The van der Waals surface area contributed by atoms with E-state index in [1.807, 2.05) is 0 Å². The third-order valence-corrected chi connectivity index (χ3v) is 2.88. The zero-order valence-corrected chi connectivity index (χ0v) is 9.21. The SMILES string of the molecule is CCCC1(O)CN(CCCCCO)C1. The van der Waals surface area contributed by atoms with Gasteiger partial charge in [-0.2, -0.15) is 0 Å². The molecule has 3 nitrogen and oxygen atoms in total. The van der Waals surface area contributed by atoms with E-state index in [1.165, 1.54) is 0 Å². The zero-order chi connectivity index (χ0) is 10.4. The van der Waals surface area contributed by atoms with Crippen molar-refractivity contribution in [2.45, 2.75) is 44.6 Å². The van der Waals surface area contributed by atoms with Gasteiger partial charge < -0.3 is 10.2 Å². The van der Waals surface area contributed by atoms with Crippen molar-refractivity contribution in [2.24, 2.45) is 0 Å². The number of hydrogen-bond donors (Lipinski definition) is 2. The molecular formula is C11H23NO2. The molecule has 84 valence electrons. The lowest BCUT2D eigenvalue weighted by Gasteiger charge is -2.46. The Labute approximate surface area is 86.7 Å². The fraction of sp³-hybridized carbons (Fsp3) is 1.00. The summed E-state index contributed by atoms with van der Waals surface area (Å²) in [4.78, 5) is 2.30. The van der Waals surface area contributed by atoms with Crippen LogP contribution in [0.5, 0.6) is 0 Å². The van der Waals surface area contributed by atoms with E-state index >= 15 is 0 Å². The van der Waals surface area contributed by atoms with Crippen molar-refractivity contribution in [3.63, 3.8) is 0 Å². The lowest BCUT2D eigenvalue weighted by Crippen LogP contribution is -2.61. The van der Waals surface area contributed by atoms with Crippen molar-refractivity contribution in [2.75, 3.05) is 26.2 Å². The first-order chi connectivity index (χ1) is 6.70. The number of aliphatic hydroxyl groups excluding tert-OH is 1. The molecule has 0 amide bonds. The summed E-state index contributed by atoms with van der Waals surface area (Å²) in [5, 5.41) is 18.5. The van der Waals surface area contributed by atoms with Gasteiger partial charge in [0.05, 0.1) is 5.60 Å². The molecule has 0 saturated carbocycles. The maximum Gasteiger partial charge on any atom is 0.0900 e. The second-order valence-corrected chi connectivity index (χ2v) is 4.47. The number of rotatable bonds is 7. The van der Waals surface area contributed by atoms with Crippen LogP contribution >= 0.6 is 0 Å². The molecule has 14 heavy (non-hydrogen) atoms. The molecule has 0 spiro atoms. The van der Waals surface area contributed by atoms with Crippen LogP contribution in [0.2, 0.25) is 0 Å². The van der Waals surface area contributed by atoms with Crippen molar-refractivity contribution in [3.8, 4) is 0 Å². The molecule has 0 aromatic heterocycles. The van der Waals surface area contributed by atoms with Crippen LogP contribution in [0, 0.1) is 0 Å². The van der Waals surface area contributed by atoms with Gasteiger partial charge >= 0.3 is 0 Å². The molecule has 0 aromatic rings. The van der Waals surface area contributed by atoms with Crippen molar-refractivity contribution in [3.05, 3.63) is 0 Å². The molecule has 1 fully saturated rings. The monoisotopic (exact) mass is 201 g/mol. The van der Waals surface area contributed by atoms with E-state index in [4.69, 9.17) is 5.11 Å². The van der Waals surface area contributed by atoms with Crippen LogP contribution in [0.4, 0.5) is 0 Å². The summed E-state index contributed by atoms with van der Waals surface area (Å²) in [6, 6.07) is 0. The van der Waals surface area contributed by atoms with Gasteiger partial charge in [0, 0.05) is 19.7 Å². The second-order valence-electron chi connectivity index (χ2n) is 4.47. The van der Waals surface area contributed by atoms with Gasteiger partial charge in [-0.1, -0.05) is 13.3 Å². The van der Waals surface area contributed by atoms with Gasteiger partial charge in [-0.3, -0.25) is 4.90 Å². The highest BCUT2D eigenvalue weighted by molar-refractivity contribution is 4.94. The fourth-order valence-electron chi connectivity index (χ4n) is 2.19. The molecule has 3 heteroatoms. The highest BCUT2D eigenvalue weighted by Crippen LogP contribution is 2.25. The van der Waals surface area contributed by atoms with Gasteiger partial charge in [-0.05, 0) is 32.2 Å². The maximum atomic E-state index is 9.90. The first-order valence-corrected chi connectivity index (χ1v) is 5.76. The molecule has 1 rings (SSSR count). The summed E-state index contributed by atoms with van der Waals surface area (Å²) in [5.41, 5.74) is -0.383. The molecule has 0 atom stereocenters. The molecule has 0 radical (unpaired) electrons. The van der Waals surface area contributed by atoms with Crippen LogP contribution in [0.3, 0.4) is 0 Å². The van der Waals surface area contributed by atoms with Crippen LogP contribution in [0.25, 0.3) is 0 Å². The average molecular weight is 201 g/mol. The highest BCUT2D eigenvalue weighted by atomic mass is 16.3. The molecule has 1 saturated heterocycles. The lowest BCUT2D eigenvalue weighted by atomic mass is 9.89. The summed E-state index contributed by atoms with van der Waals surface area (Å²) < 4.78 is 0. The minimum absolute atomic E-state index is 0.305. The van der Waals surface area contributed by atoms with Gasteiger partial charge in [-0.25, -0.2) is 0 Å². The summed E-state index contributed by atoms with van der Waals surface area (Å²) in [7, 11) is 0. The smallest absolute Gasteiger partial charge is 0.0900 e. The third kappa shape index (κ3) is 3.56. The predicted molar refractivity (Wildman–Crippen MR) is 57.2 cm³/mol. The summed E-state index contributed by atoms with van der Waals surface area (Å²) in [6.45, 7) is 5.19. The topological polar surface area (TPSA) is 43.7 Å². The third-order valence-electron chi connectivity index (χ3n) is 2.88. The van der Waals surface area contributed by atoms with E-state index in [1.54, 1.807) is 0 Å². The van der Waals surface area contributed by atoms with Gasteiger partial charge in [0.15, 0.2) is 0 Å². The number of β-amino-alcohol motifs (C(OH)–C–C–N with tert-alkyl or cyclic N) is 1. The number of nitrogens with zero attached hydrogens (tertiary/aromatic N) is 1. The Morgan fingerprint density at radius 3 is 2.50 bits per heavy atom. The molecular weight excluding hydrogens is 178 g/mol. The molecule has 0 bridgehead atoms. The van der Waals surface area contributed by atoms with Gasteiger partial charge in [0.2, 0.25) is 0 Å². The molecule has 1 heterocycles. The number of hydrogen-bond acceptors (Lipinski definition) is 3. The Kier molecular flexibility index (Phi) is 4.85. The van der Waals surface area contributed by atoms with E-state index in [0.717, 1.165) is 51.7 Å². The first kappa shape index (κ1) is 12.0. The molecule has 1 aliphatic rings. The quantitative estimate of drug-likeness (QED) is 0.604. The highest BCUT2D eigenvalue weighted by Gasteiger charge is 2.39. The lowest BCUT2D eigenvalue weighted by molar-refractivity contribution is -0.103. The Hall–Kier alpha value is -0.120. The second kappa shape index (κ2) is 5.69. The molecule has 1 aliphatic heterocycles. The van der Waals surface area contributed by atoms with Gasteiger partial charge in [0.25, 0.3) is 0 Å². The van der Waals surface area contributed by atoms with Crippen molar-refractivity contribution >= 4 is 0 Å². The molecule has 0 aliphatic carbocycles. The van der Waals surface area contributed by atoms with E-state index in [2.05, 4.69) is 11.8 Å². The summed E-state index contributed by atoms with van der Waals surface area (Å²) in [6.07, 6.45) is 5.14. The Bertz CT molecular complexity index is 155. The van der Waals surface area contributed by atoms with E-state index in [0.29, 0.717) is 6.61 Å². The van der Waals surface area contributed by atoms with E-state index < -0.39 is 0 Å². The standard InChI is InChI=1S/C11H23NO2/c1-2-6-11(14)9-12(10-11)7-4-3-5-8-13/h13-14H,2-10H2,1H3. The molecule has 0 aromatic carbocycles. The van der Waals surface area contributed by atoms with E-state index in [9.17, 15) is 5.11 Å². The van der Waals surface area contributed by atoms with Crippen LogP contribution in [0.15, 0.2) is 0 Å². The maximum absolute atomic E-state index is 9.90. The number of unbranched alkanes of at least 4 members (excludes halogenated alkanes) is 2.